The Hall–Kier alpha value is -1.15. The van der Waals surface area contributed by atoms with Crippen molar-refractivity contribution in [2.75, 3.05) is 19.4 Å². The first-order valence-electron chi connectivity index (χ1n) is 10.9. The molecule has 0 aromatic heterocycles. The van der Waals surface area contributed by atoms with Gasteiger partial charge in [0.15, 0.2) is 0 Å². The first-order chi connectivity index (χ1) is 13.8. The number of benzene rings is 1. The van der Waals surface area contributed by atoms with Gasteiger partial charge in [-0.1, -0.05) is 18.2 Å². The molecule has 0 unspecified atom stereocenters. The van der Waals surface area contributed by atoms with E-state index in [2.05, 4.69) is 42.1 Å². The monoisotopic (exact) mass is 424 g/mol. The van der Waals surface area contributed by atoms with Gasteiger partial charge >= 0.3 is 0 Å². The van der Waals surface area contributed by atoms with Gasteiger partial charge in [0.25, 0.3) is 0 Å². The van der Waals surface area contributed by atoms with Crippen molar-refractivity contribution in [2.24, 2.45) is 0 Å². The van der Waals surface area contributed by atoms with Crippen LogP contribution in [0.4, 0.5) is 0 Å². The Bertz CT molecular complexity index is 745. The number of piperidine rings is 1. The molecule has 7 heteroatoms. The van der Waals surface area contributed by atoms with Crippen molar-refractivity contribution in [1.82, 2.24) is 10.0 Å². The molecule has 0 bridgehead atoms. The van der Waals surface area contributed by atoms with Crippen LogP contribution in [0.1, 0.15) is 63.9 Å². The Morgan fingerprint density at radius 1 is 1.14 bits per heavy atom. The minimum Gasteiger partial charge on any atom is -0.491 e. The van der Waals surface area contributed by atoms with Gasteiger partial charge < -0.3 is 14.8 Å². The van der Waals surface area contributed by atoms with E-state index in [1.807, 2.05) is 6.07 Å². The van der Waals surface area contributed by atoms with Crippen molar-refractivity contribution in [3.05, 3.63) is 29.8 Å². The minimum absolute atomic E-state index is 0.0383. The average Bonchev–Trinajstić information content (AvgIpc) is 2.67. The second-order valence-electron chi connectivity index (χ2n) is 8.71. The van der Waals surface area contributed by atoms with E-state index in [9.17, 15) is 8.42 Å². The Morgan fingerprint density at radius 3 is 2.55 bits per heavy atom. The van der Waals surface area contributed by atoms with Crippen molar-refractivity contribution in [3.63, 3.8) is 0 Å². The van der Waals surface area contributed by atoms with E-state index in [1.54, 1.807) is 0 Å². The van der Waals surface area contributed by atoms with Gasteiger partial charge in [-0.3, -0.25) is 0 Å². The SMILES string of the molecule is CC(C)Oc1ccccc1C1CCC(OC[C@@H]2NCCC[C@@H]2NS(C)(=O)=O)CC1. The van der Waals surface area contributed by atoms with Crippen LogP contribution in [-0.4, -0.2) is 52.1 Å². The second kappa shape index (κ2) is 10.2. The van der Waals surface area contributed by atoms with E-state index >= 15 is 0 Å². The summed E-state index contributed by atoms with van der Waals surface area (Å²) in [5.41, 5.74) is 1.31. The normalized spacial score (nSPS) is 28.4. The summed E-state index contributed by atoms with van der Waals surface area (Å²) < 4.78 is 38.2. The van der Waals surface area contributed by atoms with Crippen molar-refractivity contribution in [3.8, 4) is 5.75 Å². The van der Waals surface area contributed by atoms with E-state index in [1.165, 1.54) is 11.8 Å². The third-order valence-electron chi connectivity index (χ3n) is 5.86. The largest absolute Gasteiger partial charge is 0.491 e. The lowest BCUT2D eigenvalue weighted by Gasteiger charge is -2.35. The van der Waals surface area contributed by atoms with Gasteiger partial charge in [0.1, 0.15) is 5.75 Å². The standard InChI is InChI=1S/C22H36N2O4S/c1-16(2)28-22-9-5-4-7-19(22)17-10-12-18(13-11-17)27-15-21-20(8-6-14-23-21)24-29(3,25)26/h4-5,7,9,16-18,20-21,23-24H,6,8,10-15H2,1-3H3/t17?,18?,20-,21-/m0/s1. The molecule has 0 spiro atoms. The summed E-state index contributed by atoms with van der Waals surface area (Å²) >= 11 is 0. The molecular formula is C22H36N2O4S. The highest BCUT2D eigenvalue weighted by Crippen LogP contribution is 2.38. The molecular weight excluding hydrogens is 388 g/mol. The summed E-state index contributed by atoms with van der Waals surface area (Å²) in [6.07, 6.45) is 7.70. The van der Waals surface area contributed by atoms with Gasteiger partial charge in [0.05, 0.1) is 25.1 Å². The fourth-order valence-corrected chi connectivity index (χ4v) is 5.34. The van der Waals surface area contributed by atoms with Crippen LogP contribution < -0.4 is 14.8 Å². The molecule has 6 nitrogen and oxygen atoms in total. The summed E-state index contributed by atoms with van der Waals surface area (Å²) in [5, 5.41) is 3.42. The summed E-state index contributed by atoms with van der Waals surface area (Å²) in [6.45, 7) is 5.59. The summed E-state index contributed by atoms with van der Waals surface area (Å²) in [7, 11) is -3.21. The molecule has 1 aliphatic heterocycles. The maximum Gasteiger partial charge on any atom is 0.209 e. The van der Waals surface area contributed by atoms with Crippen molar-refractivity contribution in [2.45, 2.75) is 82.6 Å². The number of hydrogen-bond donors (Lipinski definition) is 2. The first-order valence-corrected chi connectivity index (χ1v) is 12.8. The van der Waals surface area contributed by atoms with Crippen LogP contribution in [0.2, 0.25) is 0 Å². The topological polar surface area (TPSA) is 76.7 Å². The third-order valence-corrected chi connectivity index (χ3v) is 6.59. The fourth-order valence-electron chi connectivity index (χ4n) is 4.50. The van der Waals surface area contributed by atoms with Gasteiger partial charge in [0, 0.05) is 12.1 Å². The molecule has 1 aromatic carbocycles. The highest BCUT2D eigenvalue weighted by Gasteiger charge is 2.30. The Labute approximate surface area is 175 Å². The number of rotatable bonds is 8. The maximum atomic E-state index is 11.6. The van der Waals surface area contributed by atoms with Crippen LogP contribution >= 0.6 is 0 Å². The number of hydrogen-bond acceptors (Lipinski definition) is 5. The Kier molecular flexibility index (Phi) is 7.96. The minimum atomic E-state index is -3.21. The Morgan fingerprint density at radius 2 is 1.86 bits per heavy atom. The van der Waals surface area contributed by atoms with E-state index in [0.717, 1.165) is 50.8 Å². The molecule has 2 atom stereocenters. The number of ether oxygens (including phenoxy) is 2. The molecule has 0 amide bonds. The van der Waals surface area contributed by atoms with Crippen LogP contribution in [0.25, 0.3) is 0 Å². The highest BCUT2D eigenvalue weighted by atomic mass is 32.2. The van der Waals surface area contributed by atoms with Gasteiger partial charge in [0.2, 0.25) is 10.0 Å². The smallest absolute Gasteiger partial charge is 0.209 e. The molecule has 3 rings (SSSR count). The fraction of sp³-hybridized carbons (Fsp3) is 0.727. The zero-order valence-corrected chi connectivity index (χ0v) is 18.7. The predicted octanol–water partition coefficient (Wildman–Crippen LogP) is 3.19. The number of para-hydroxylation sites is 1. The third kappa shape index (κ3) is 6.95. The van der Waals surface area contributed by atoms with Gasteiger partial charge in [-0.15, -0.1) is 0 Å². The molecule has 1 heterocycles. The van der Waals surface area contributed by atoms with Crippen LogP contribution in [-0.2, 0) is 14.8 Å². The molecule has 1 saturated carbocycles. The molecule has 29 heavy (non-hydrogen) atoms. The Balaban J connectivity index is 1.50. The van der Waals surface area contributed by atoms with Crippen molar-refractivity contribution < 1.29 is 17.9 Å². The molecule has 0 radical (unpaired) electrons. The molecule has 2 fully saturated rings. The van der Waals surface area contributed by atoms with Gasteiger partial charge in [-0.25, -0.2) is 13.1 Å². The zero-order valence-electron chi connectivity index (χ0n) is 17.9. The molecule has 1 aliphatic carbocycles. The van der Waals surface area contributed by atoms with Crippen LogP contribution in [0.5, 0.6) is 5.75 Å². The van der Waals surface area contributed by atoms with Crippen molar-refractivity contribution in [1.29, 1.82) is 0 Å². The lowest BCUT2D eigenvalue weighted by atomic mass is 9.82. The highest BCUT2D eigenvalue weighted by molar-refractivity contribution is 7.88. The second-order valence-corrected chi connectivity index (χ2v) is 10.5. The number of nitrogens with one attached hydrogen (secondary N) is 2. The number of sulfonamides is 1. The van der Waals surface area contributed by atoms with Crippen LogP contribution in [0.15, 0.2) is 24.3 Å². The molecule has 1 aromatic rings. The van der Waals surface area contributed by atoms with Crippen LogP contribution in [0.3, 0.4) is 0 Å². The summed E-state index contributed by atoms with van der Waals surface area (Å²) in [5.74, 6) is 1.52. The average molecular weight is 425 g/mol. The molecule has 2 N–H and O–H groups in total. The van der Waals surface area contributed by atoms with E-state index in [0.29, 0.717) is 12.5 Å². The summed E-state index contributed by atoms with van der Waals surface area (Å²) in [4.78, 5) is 0. The lowest BCUT2D eigenvalue weighted by Crippen LogP contribution is -2.55. The van der Waals surface area contributed by atoms with E-state index in [-0.39, 0.29) is 24.3 Å². The van der Waals surface area contributed by atoms with E-state index < -0.39 is 10.0 Å². The van der Waals surface area contributed by atoms with Gasteiger partial charge in [-0.2, -0.15) is 0 Å². The summed E-state index contributed by atoms with van der Waals surface area (Å²) in [6, 6.07) is 8.34. The predicted molar refractivity (Wildman–Crippen MR) is 116 cm³/mol. The van der Waals surface area contributed by atoms with E-state index in [4.69, 9.17) is 9.47 Å². The molecule has 1 saturated heterocycles. The lowest BCUT2D eigenvalue weighted by molar-refractivity contribution is 0.00506. The first kappa shape index (κ1) is 22.5. The van der Waals surface area contributed by atoms with Crippen LogP contribution in [0, 0.1) is 0 Å². The quantitative estimate of drug-likeness (QED) is 0.670. The molecule has 2 aliphatic rings. The molecule has 164 valence electrons. The van der Waals surface area contributed by atoms with Gasteiger partial charge in [-0.05, 0) is 76.5 Å². The maximum absolute atomic E-state index is 11.6. The van der Waals surface area contributed by atoms with Crippen molar-refractivity contribution >= 4 is 10.0 Å². The zero-order chi connectivity index (χ0) is 20.9.